The van der Waals surface area contributed by atoms with Crippen molar-refractivity contribution in [3.8, 4) is 0 Å². The molecule has 0 fully saturated rings. The van der Waals surface area contributed by atoms with Crippen molar-refractivity contribution in [2.24, 2.45) is 4.99 Å². The molecule has 146 valence electrons. The van der Waals surface area contributed by atoms with Gasteiger partial charge in [-0.05, 0) is 49.6 Å². The van der Waals surface area contributed by atoms with E-state index in [1.807, 2.05) is 50.2 Å². The molecule has 0 heterocycles. The highest BCUT2D eigenvalue weighted by Crippen LogP contribution is 2.21. The first-order valence-electron chi connectivity index (χ1n) is 8.89. The summed E-state index contributed by atoms with van der Waals surface area (Å²) in [4.78, 5) is 4.94. The first-order valence-corrected chi connectivity index (χ1v) is 11.2. The van der Waals surface area contributed by atoms with Crippen LogP contribution >= 0.6 is 11.6 Å². The van der Waals surface area contributed by atoms with E-state index in [1.165, 1.54) is 6.26 Å². The van der Waals surface area contributed by atoms with Crippen molar-refractivity contribution in [2.75, 3.05) is 19.3 Å². The van der Waals surface area contributed by atoms with Crippen molar-refractivity contribution in [1.29, 1.82) is 0 Å². The van der Waals surface area contributed by atoms with Gasteiger partial charge in [-0.1, -0.05) is 41.9 Å². The molecule has 2 rings (SSSR count). The first-order chi connectivity index (χ1) is 12.8. The molecule has 0 bridgehead atoms. The van der Waals surface area contributed by atoms with Crippen LogP contribution in [0.15, 0.2) is 58.4 Å². The van der Waals surface area contributed by atoms with E-state index in [0.717, 1.165) is 35.1 Å². The molecule has 0 radical (unpaired) electrons. The largest absolute Gasteiger partial charge is 0.357 e. The maximum Gasteiger partial charge on any atom is 0.191 e. The maximum atomic E-state index is 11.5. The molecule has 0 saturated carbocycles. The van der Waals surface area contributed by atoms with E-state index < -0.39 is 9.84 Å². The van der Waals surface area contributed by atoms with Crippen molar-refractivity contribution in [3.63, 3.8) is 0 Å². The number of benzene rings is 2. The summed E-state index contributed by atoms with van der Waals surface area (Å²) in [6.07, 6.45) is 1.93. The van der Waals surface area contributed by atoms with Crippen LogP contribution in [0.4, 0.5) is 0 Å². The third-order valence-electron chi connectivity index (χ3n) is 4.09. The zero-order valence-electron chi connectivity index (χ0n) is 15.9. The molecule has 0 amide bonds. The summed E-state index contributed by atoms with van der Waals surface area (Å²) in [6.45, 7) is 5.40. The molecule has 0 saturated heterocycles. The Morgan fingerprint density at radius 1 is 1.15 bits per heavy atom. The van der Waals surface area contributed by atoms with Gasteiger partial charge in [0.05, 0.1) is 10.9 Å². The van der Waals surface area contributed by atoms with E-state index in [-0.39, 0.29) is 6.04 Å². The van der Waals surface area contributed by atoms with Crippen LogP contribution in [0.2, 0.25) is 5.02 Å². The Bertz CT molecular complexity index is 880. The van der Waals surface area contributed by atoms with E-state index in [4.69, 9.17) is 11.6 Å². The number of aliphatic imine (C=N–C) groups is 1. The van der Waals surface area contributed by atoms with Gasteiger partial charge in [-0.2, -0.15) is 0 Å². The summed E-state index contributed by atoms with van der Waals surface area (Å²) >= 11 is 6.27. The van der Waals surface area contributed by atoms with Gasteiger partial charge in [-0.25, -0.2) is 8.42 Å². The summed E-state index contributed by atoms with van der Waals surface area (Å²) in [5.41, 5.74) is 2.06. The second-order valence-electron chi connectivity index (χ2n) is 6.31. The van der Waals surface area contributed by atoms with E-state index in [0.29, 0.717) is 11.4 Å². The first kappa shape index (κ1) is 21.3. The van der Waals surface area contributed by atoms with Crippen LogP contribution < -0.4 is 10.6 Å². The van der Waals surface area contributed by atoms with Crippen LogP contribution in [0, 0.1) is 0 Å². The number of halogens is 1. The van der Waals surface area contributed by atoms with E-state index >= 15 is 0 Å². The van der Waals surface area contributed by atoms with Crippen LogP contribution in [0.25, 0.3) is 0 Å². The fraction of sp³-hybridized carbons (Fsp3) is 0.350. The average Bonchev–Trinajstić information content (AvgIpc) is 2.62. The minimum Gasteiger partial charge on any atom is -0.357 e. The van der Waals surface area contributed by atoms with E-state index in [2.05, 4.69) is 15.6 Å². The number of nitrogens with zero attached hydrogens (tertiary/aromatic N) is 1. The van der Waals surface area contributed by atoms with Crippen LogP contribution in [0.5, 0.6) is 0 Å². The fourth-order valence-corrected chi connectivity index (χ4v) is 3.56. The molecule has 5 nitrogen and oxygen atoms in total. The minimum absolute atomic E-state index is 0.0190. The Morgan fingerprint density at radius 2 is 1.81 bits per heavy atom. The van der Waals surface area contributed by atoms with Gasteiger partial charge in [0.2, 0.25) is 0 Å². The number of sulfone groups is 1. The van der Waals surface area contributed by atoms with Crippen LogP contribution in [0.1, 0.15) is 31.0 Å². The van der Waals surface area contributed by atoms with Crippen molar-refractivity contribution >= 4 is 27.4 Å². The van der Waals surface area contributed by atoms with Crippen molar-refractivity contribution in [2.45, 2.75) is 31.2 Å². The molecule has 0 aliphatic rings. The van der Waals surface area contributed by atoms with Gasteiger partial charge in [0.15, 0.2) is 15.8 Å². The van der Waals surface area contributed by atoms with Crippen molar-refractivity contribution in [3.05, 3.63) is 64.7 Å². The van der Waals surface area contributed by atoms with Gasteiger partial charge in [0.25, 0.3) is 0 Å². The number of guanidine groups is 1. The molecule has 0 aromatic heterocycles. The third-order valence-corrected chi connectivity index (χ3v) is 5.56. The Labute approximate surface area is 166 Å². The lowest BCUT2D eigenvalue weighted by molar-refractivity contribution is 0.602. The third kappa shape index (κ3) is 6.56. The molecule has 0 aliphatic heterocycles. The molecule has 2 aromatic carbocycles. The lowest BCUT2D eigenvalue weighted by Gasteiger charge is -2.19. The van der Waals surface area contributed by atoms with Gasteiger partial charge >= 0.3 is 0 Å². The molecular formula is C20H26ClN3O2S. The molecule has 1 unspecified atom stereocenters. The molecule has 2 N–H and O–H groups in total. The van der Waals surface area contributed by atoms with Gasteiger partial charge in [-0.15, -0.1) is 0 Å². The SMILES string of the molecule is CCNC(=NCCc1ccc(S(C)(=O)=O)cc1)NC(C)c1ccccc1Cl. The molecule has 2 aromatic rings. The minimum atomic E-state index is -3.16. The van der Waals surface area contributed by atoms with Gasteiger partial charge in [-0.3, -0.25) is 4.99 Å². The van der Waals surface area contributed by atoms with Crippen LogP contribution in [-0.2, 0) is 16.3 Å². The van der Waals surface area contributed by atoms with Crippen molar-refractivity contribution < 1.29 is 8.42 Å². The highest BCUT2D eigenvalue weighted by molar-refractivity contribution is 7.90. The molecule has 7 heteroatoms. The number of rotatable bonds is 7. The van der Waals surface area contributed by atoms with Crippen LogP contribution in [-0.4, -0.2) is 33.7 Å². The second-order valence-corrected chi connectivity index (χ2v) is 8.74. The highest BCUT2D eigenvalue weighted by Gasteiger charge is 2.11. The topological polar surface area (TPSA) is 70.6 Å². The summed E-state index contributed by atoms with van der Waals surface area (Å²) in [7, 11) is -3.16. The fourth-order valence-electron chi connectivity index (χ4n) is 2.63. The van der Waals surface area contributed by atoms with Gasteiger partial charge in [0.1, 0.15) is 0 Å². The maximum absolute atomic E-state index is 11.5. The quantitative estimate of drug-likeness (QED) is 0.543. The molecule has 1 atom stereocenters. The smallest absolute Gasteiger partial charge is 0.191 e. The van der Waals surface area contributed by atoms with E-state index in [9.17, 15) is 8.42 Å². The van der Waals surface area contributed by atoms with Crippen LogP contribution in [0.3, 0.4) is 0 Å². The normalized spacial score (nSPS) is 13.3. The second kappa shape index (κ2) is 9.76. The van der Waals surface area contributed by atoms with Gasteiger partial charge < -0.3 is 10.6 Å². The summed E-state index contributed by atoms with van der Waals surface area (Å²) < 4.78 is 23.0. The van der Waals surface area contributed by atoms with Crippen molar-refractivity contribution in [1.82, 2.24) is 10.6 Å². The zero-order valence-corrected chi connectivity index (χ0v) is 17.4. The molecule has 27 heavy (non-hydrogen) atoms. The molecular weight excluding hydrogens is 382 g/mol. The number of hydrogen-bond acceptors (Lipinski definition) is 3. The standard InChI is InChI=1S/C20H26ClN3O2S/c1-4-22-20(24-15(2)18-7-5-6-8-19(18)21)23-14-13-16-9-11-17(12-10-16)27(3,25)26/h5-12,15H,4,13-14H2,1-3H3,(H2,22,23,24). The Kier molecular flexibility index (Phi) is 7.68. The number of hydrogen-bond donors (Lipinski definition) is 2. The monoisotopic (exact) mass is 407 g/mol. The Hall–Kier alpha value is -2.05. The summed E-state index contributed by atoms with van der Waals surface area (Å²) in [5, 5.41) is 7.32. The Morgan fingerprint density at radius 3 is 2.41 bits per heavy atom. The average molecular weight is 408 g/mol. The summed E-state index contributed by atoms with van der Waals surface area (Å²) in [6, 6.07) is 14.7. The highest BCUT2D eigenvalue weighted by atomic mass is 35.5. The lowest BCUT2D eigenvalue weighted by atomic mass is 10.1. The number of nitrogens with one attached hydrogen (secondary N) is 2. The zero-order chi connectivity index (χ0) is 19.9. The van der Waals surface area contributed by atoms with Gasteiger partial charge in [0, 0.05) is 24.4 Å². The molecule has 0 aliphatic carbocycles. The molecule has 0 spiro atoms. The predicted octanol–water partition coefficient (Wildman–Crippen LogP) is 3.60. The Balaban J connectivity index is 2.00. The van der Waals surface area contributed by atoms with E-state index in [1.54, 1.807) is 12.1 Å². The lowest BCUT2D eigenvalue weighted by Crippen LogP contribution is -2.39. The predicted molar refractivity (Wildman–Crippen MR) is 112 cm³/mol. The summed E-state index contributed by atoms with van der Waals surface area (Å²) in [5.74, 6) is 0.720.